The summed E-state index contributed by atoms with van der Waals surface area (Å²) in [6, 6.07) is -0.0337. The Morgan fingerprint density at radius 3 is 2.38 bits per heavy atom. The van der Waals surface area contributed by atoms with Crippen LogP contribution in [0.3, 0.4) is 0 Å². The highest BCUT2D eigenvalue weighted by molar-refractivity contribution is 5.97. The summed E-state index contributed by atoms with van der Waals surface area (Å²) in [4.78, 5) is 65.2. The first-order chi connectivity index (χ1) is 16.2. The zero-order valence-electron chi connectivity index (χ0n) is 20.8. The van der Waals surface area contributed by atoms with E-state index >= 15 is 0 Å². The van der Waals surface area contributed by atoms with Crippen molar-refractivity contribution >= 4 is 29.3 Å². The molecule has 0 aliphatic rings. The summed E-state index contributed by atoms with van der Waals surface area (Å²) in [5, 5.41) is 2.68. The molecule has 0 radical (unpaired) electrons. The summed E-state index contributed by atoms with van der Waals surface area (Å²) in [6.07, 6.45) is 4.09. The number of aromatic nitrogens is 2. The fourth-order valence-electron chi connectivity index (χ4n) is 3.24. The summed E-state index contributed by atoms with van der Waals surface area (Å²) in [7, 11) is 0. The molecule has 1 aromatic heterocycles. The molecule has 0 aliphatic carbocycles. The third-order valence-corrected chi connectivity index (χ3v) is 5.43. The van der Waals surface area contributed by atoms with E-state index in [0.29, 0.717) is 19.4 Å². The number of nitrogens with two attached hydrogens (primary N) is 1. The smallest absolute Gasteiger partial charge is 0.330 e. The van der Waals surface area contributed by atoms with Crippen molar-refractivity contribution < 1.29 is 19.1 Å². The lowest BCUT2D eigenvalue weighted by Crippen LogP contribution is -2.41. The number of nitrogens with one attached hydrogen (secondary N) is 2. The van der Waals surface area contributed by atoms with Crippen LogP contribution in [0.5, 0.6) is 0 Å². The van der Waals surface area contributed by atoms with Crippen LogP contribution in [0.15, 0.2) is 9.59 Å². The van der Waals surface area contributed by atoms with E-state index in [1.165, 1.54) is 9.47 Å². The molecule has 11 heteroatoms. The minimum atomic E-state index is -0.746. The van der Waals surface area contributed by atoms with Crippen molar-refractivity contribution in [3.63, 3.8) is 0 Å². The van der Waals surface area contributed by atoms with Gasteiger partial charge in [0.15, 0.2) is 12.3 Å². The van der Waals surface area contributed by atoms with Crippen molar-refractivity contribution in [2.45, 2.75) is 91.6 Å². The van der Waals surface area contributed by atoms with E-state index in [2.05, 4.69) is 10.3 Å². The maximum atomic E-state index is 13.0. The zero-order valence-corrected chi connectivity index (χ0v) is 20.8. The molecule has 11 nitrogen and oxygen atoms in total. The van der Waals surface area contributed by atoms with Gasteiger partial charge in [-0.15, -0.1) is 0 Å². The molecule has 0 spiro atoms. The SMILES string of the molecule is CCCCCN(C(=O)CCC(=O)OCC(=O)NC(C)CC)c1c(N)n(CCCC)c(=O)[nH]c1=O. The largest absolute Gasteiger partial charge is 0.456 e. The van der Waals surface area contributed by atoms with E-state index in [0.717, 1.165) is 25.7 Å². The van der Waals surface area contributed by atoms with Gasteiger partial charge in [0.1, 0.15) is 5.82 Å². The van der Waals surface area contributed by atoms with Crippen LogP contribution in [0.1, 0.15) is 79.1 Å². The van der Waals surface area contributed by atoms with Crippen LogP contribution in [-0.4, -0.2) is 46.5 Å². The van der Waals surface area contributed by atoms with Crippen LogP contribution in [-0.2, 0) is 25.7 Å². The van der Waals surface area contributed by atoms with Gasteiger partial charge in [-0.05, 0) is 26.2 Å². The van der Waals surface area contributed by atoms with E-state index in [-0.39, 0.29) is 36.9 Å². The van der Waals surface area contributed by atoms with Crippen LogP contribution in [0.2, 0.25) is 0 Å². The lowest BCUT2D eigenvalue weighted by molar-refractivity contribution is -0.149. The van der Waals surface area contributed by atoms with Crippen LogP contribution in [0, 0.1) is 0 Å². The molecular formula is C23H39N5O6. The quantitative estimate of drug-likeness (QED) is 0.254. The van der Waals surface area contributed by atoms with Gasteiger partial charge >= 0.3 is 11.7 Å². The first-order valence-corrected chi connectivity index (χ1v) is 12.0. The highest BCUT2D eigenvalue weighted by Crippen LogP contribution is 2.19. The van der Waals surface area contributed by atoms with Gasteiger partial charge in [-0.2, -0.15) is 0 Å². The molecule has 0 bridgehead atoms. The molecule has 1 aromatic rings. The predicted molar refractivity (Wildman–Crippen MR) is 131 cm³/mol. The fraction of sp³-hybridized carbons (Fsp3) is 0.696. The number of amides is 2. The second-order valence-electron chi connectivity index (χ2n) is 8.29. The monoisotopic (exact) mass is 481 g/mol. The van der Waals surface area contributed by atoms with Gasteiger partial charge < -0.3 is 20.7 Å². The lowest BCUT2D eigenvalue weighted by atomic mass is 10.2. The standard InChI is InChI=1S/C23H39N5O6/c1-5-8-10-14-27(20-21(24)28(13-9-6-2)23(33)26-22(20)32)18(30)11-12-19(31)34-15-17(29)25-16(4)7-3/h16H,5-15,24H2,1-4H3,(H,25,29)(H,26,32,33). The number of carbonyl (C=O) groups excluding carboxylic acids is 3. The number of nitrogen functional groups attached to an aromatic ring is 1. The van der Waals surface area contributed by atoms with Gasteiger partial charge in [0.05, 0.1) is 6.42 Å². The number of unbranched alkanes of at least 4 members (excludes halogenated alkanes) is 3. The molecule has 192 valence electrons. The number of hydrogen-bond donors (Lipinski definition) is 3. The molecule has 0 saturated carbocycles. The molecule has 0 saturated heterocycles. The average molecular weight is 482 g/mol. The predicted octanol–water partition coefficient (Wildman–Crippen LogP) is 1.68. The third kappa shape index (κ3) is 9.03. The molecule has 4 N–H and O–H groups in total. The Kier molecular flexibility index (Phi) is 12.7. The highest BCUT2D eigenvalue weighted by Gasteiger charge is 2.24. The molecule has 1 unspecified atom stereocenters. The molecule has 1 heterocycles. The Bertz CT molecular complexity index is 939. The van der Waals surface area contributed by atoms with Gasteiger partial charge in [0.25, 0.3) is 11.5 Å². The van der Waals surface area contributed by atoms with E-state index in [9.17, 15) is 24.0 Å². The Morgan fingerprint density at radius 2 is 1.76 bits per heavy atom. The fourth-order valence-corrected chi connectivity index (χ4v) is 3.24. The zero-order chi connectivity index (χ0) is 25.7. The summed E-state index contributed by atoms with van der Waals surface area (Å²) in [6.45, 7) is 7.83. The maximum Gasteiger partial charge on any atom is 0.330 e. The lowest BCUT2D eigenvalue weighted by Gasteiger charge is -2.24. The van der Waals surface area contributed by atoms with Crippen molar-refractivity contribution in [2.24, 2.45) is 0 Å². The molecular weight excluding hydrogens is 442 g/mol. The van der Waals surface area contributed by atoms with Gasteiger partial charge in [0.2, 0.25) is 5.91 Å². The Morgan fingerprint density at radius 1 is 1.09 bits per heavy atom. The van der Waals surface area contributed by atoms with Crippen molar-refractivity contribution in [3.05, 3.63) is 20.8 Å². The summed E-state index contributed by atoms with van der Waals surface area (Å²) in [5.41, 5.74) is 4.71. The third-order valence-electron chi connectivity index (χ3n) is 5.43. The first kappa shape index (κ1) is 28.9. The number of anilines is 2. The summed E-state index contributed by atoms with van der Waals surface area (Å²) >= 11 is 0. The topological polar surface area (TPSA) is 157 Å². The van der Waals surface area contributed by atoms with Gasteiger partial charge in [-0.25, -0.2) is 4.79 Å². The maximum absolute atomic E-state index is 13.0. The van der Waals surface area contributed by atoms with E-state index < -0.39 is 35.6 Å². The normalized spacial score (nSPS) is 11.6. The van der Waals surface area contributed by atoms with Gasteiger partial charge in [-0.1, -0.05) is 40.0 Å². The molecule has 0 fully saturated rings. The number of ether oxygens (including phenoxy) is 1. The molecule has 0 aliphatic heterocycles. The second-order valence-corrected chi connectivity index (χ2v) is 8.29. The van der Waals surface area contributed by atoms with E-state index in [1.54, 1.807) is 0 Å². The Balaban J connectivity index is 2.97. The Labute approximate surface area is 200 Å². The number of esters is 1. The van der Waals surface area contributed by atoms with Crippen LogP contribution >= 0.6 is 0 Å². The van der Waals surface area contributed by atoms with Crippen molar-refractivity contribution in [1.82, 2.24) is 14.9 Å². The minimum Gasteiger partial charge on any atom is -0.456 e. The molecule has 1 rings (SSSR count). The number of aromatic amines is 1. The number of H-pyrrole nitrogens is 1. The molecule has 2 amide bonds. The number of nitrogens with zero attached hydrogens (tertiary/aromatic N) is 2. The van der Waals surface area contributed by atoms with Crippen LogP contribution < -0.4 is 27.2 Å². The molecule has 0 aromatic carbocycles. The van der Waals surface area contributed by atoms with E-state index in [1.807, 2.05) is 27.7 Å². The first-order valence-electron chi connectivity index (χ1n) is 12.0. The van der Waals surface area contributed by atoms with Crippen molar-refractivity contribution in [1.29, 1.82) is 0 Å². The Hall–Kier alpha value is -3.11. The van der Waals surface area contributed by atoms with E-state index in [4.69, 9.17) is 10.5 Å². The highest BCUT2D eigenvalue weighted by atomic mass is 16.5. The van der Waals surface area contributed by atoms with Gasteiger partial charge in [0, 0.05) is 25.6 Å². The van der Waals surface area contributed by atoms with Crippen LogP contribution in [0.25, 0.3) is 0 Å². The molecule has 34 heavy (non-hydrogen) atoms. The number of hydrogen-bond acceptors (Lipinski definition) is 7. The minimum absolute atomic E-state index is 0.0337. The number of rotatable bonds is 15. The summed E-state index contributed by atoms with van der Waals surface area (Å²) < 4.78 is 6.20. The van der Waals surface area contributed by atoms with Gasteiger partial charge in [-0.3, -0.25) is 28.7 Å². The van der Waals surface area contributed by atoms with Crippen molar-refractivity contribution in [2.75, 3.05) is 23.8 Å². The molecule has 1 atom stereocenters. The number of carbonyl (C=O) groups is 3. The summed E-state index contributed by atoms with van der Waals surface area (Å²) in [5.74, 6) is -1.67. The second kappa shape index (κ2) is 14.9. The average Bonchev–Trinajstić information content (AvgIpc) is 2.79. The van der Waals surface area contributed by atoms with Crippen molar-refractivity contribution in [3.8, 4) is 0 Å². The van der Waals surface area contributed by atoms with Crippen LogP contribution in [0.4, 0.5) is 11.5 Å².